The third-order valence-corrected chi connectivity index (χ3v) is 4.45. The summed E-state index contributed by atoms with van der Waals surface area (Å²) in [7, 11) is 0. The van der Waals surface area contributed by atoms with Crippen LogP contribution >= 0.6 is 0 Å². The number of likely N-dealkylation sites (tertiary alicyclic amines) is 1. The highest BCUT2D eigenvalue weighted by Gasteiger charge is 2.25. The normalized spacial score (nSPS) is 20.5. The molecule has 0 radical (unpaired) electrons. The maximum Gasteiger partial charge on any atom is 0.155 e. The molecule has 21 heavy (non-hydrogen) atoms. The summed E-state index contributed by atoms with van der Waals surface area (Å²) < 4.78 is 1.89. The summed E-state index contributed by atoms with van der Waals surface area (Å²) in [5.74, 6) is 0.938. The summed E-state index contributed by atoms with van der Waals surface area (Å²) in [6.45, 7) is 6.25. The van der Waals surface area contributed by atoms with E-state index in [0.29, 0.717) is 18.6 Å². The number of fused-ring (bicyclic) bond motifs is 1. The fourth-order valence-corrected chi connectivity index (χ4v) is 3.38. The highest BCUT2D eigenvalue weighted by Crippen LogP contribution is 2.22. The highest BCUT2D eigenvalue weighted by atomic mass is 15.3. The minimum Gasteiger partial charge on any atom is -0.325 e. The molecule has 1 aliphatic heterocycles. The predicted octanol–water partition coefficient (Wildman–Crippen LogP) is 1.99. The average molecular weight is 287 g/mol. The van der Waals surface area contributed by atoms with Gasteiger partial charge in [0.1, 0.15) is 0 Å². The second kappa shape index (κ2) is 6.12. The molecule has 1 unspecified atom stereocenters. The second-order valence-corrected chi connectivity index (χ2v) is 6.20. The van der Waals surface area contributed by atoms with Crippen molar-refractivity contribution in [1.82, 2.24) is 19.5 Å². The molecule has 1 saturated heterocycles. The summed E-state index contributed by atoms with van der Waals surface area (Å²) in [5.41, 5.74) is 7.69. The van der Waals surface area contributed by atoms with E-state index >= 15 is 0 Å². The monoisotopic (exact) mass is 287 g/mol. The molecule has 1 atom stereocenters. The predicted molar refractivity (Wildman–Crippen MR) is 84.1 cm³/mol. The molecule has 0 aliphatic carbocycles. The van der Waals surface area contributed by atoms with Gasteiger partial charge in [0.05, 0.1) is 5.69 Å². The van der Waals surface area contributed by atoms with Gasteiger partial charge in [0.15, 0.2) is 11.5 Å². The van der Waals surface area contributed by atoms with E-state index < -0.39 is 0 Å². The van der Waals surface area contributed by atoms with E-state index in [-0.39, 0.29) is 0 Å². The number of rotatable bonds is 4. The molecule has 1 fully saturated rings. The van der Waals surface area contributed by atoms with Crippen LogP contribution in [0.3, 0.4) is 0 Å². The van der Waals surface area contributed by atoms with Crippen LogP contribution in [0, 0.1) is 0 Å². The van der Waals surface area contributed by atoms with E-state index in [1.54, 1.807) is 0 Å². The first-order chi connectivity index (χ1) is 10.2. The first kappa shape index (κ1) is 14.5. The third kappa shape index (κ3) is 2.94. The molecule has 3 rings (SSSR count). The standard InChI is InChI=1S/C16H25N5/c1-12(2)20-9-4-3-6-13(20)10-15-18-16-8-5-7-14(11-17)21(16)19-15/h5,7-8,12-13H,3-4,6,9-11,17H2,1-2H3. The van der Waals surface area contributed by atoms with Crippen molar-refractivity contribution in [1.29, 1.82) is 0 Å². The maximum absolute atomic E-state index is 5.77. The lowest BCUT2D eigenvalue weighted by molar-refractivity contribution is 0.110. The zero-order valence-electron chi connectivity index (χ0n) is 13.0. The molecule has 114 valence electrons. The first-order valence-electron chi connectivity index (χ1n) is 7.98. The lowest BCUT2D eigenvalue weighted by Crippen LogP contribution is -2.45. The maximum atomic E-state index is 5.77. The van der Waals surface area contributed by atoms with E-state index in [2.05, 4.69) is 28.8 Å². The number of hydrogen-bond donors (Lipinski definition) is 1. The van der Waals surface area contributed by atoms with Gasteiger partial charge in [0.25, 0.3) is 0 Å². The Labute approximate surface area is 126 Å². The molecule has 0 saturated carbocycles. The Kier molecular flexibility index (Phi) is 4.22. The quantitative estimate of drug-likeness (QED) is 0.934. The van der Waals surface area contributed by atoms with Crippen LogP contribution in [0.4, 0.5) is 0 Å². The van der Waals surface area contributed by atoms with Gasteiger partial charge in [-0.1, -0.05) is 12.5 Å². The Hall–Kier alpha value is -1.46. The first-order valence-corrected chi connectivity index (χ1v) is 7.98. The molecule has 0 aromatic carbocycles. The molecule has 2 aromatic rings. The molecular weight excluding hydrogens is 262 g/mol. The average Bonchev–Trinajstić information content (AvgIpc) is 2.89. The molecule has 5 nitrogen and oxygen atoms in total. The largest absolute Gasteiger partial charge is 0.325 e. The van der Waals surface area contributed by atoms with Crippen LogP contribution in [0.2, 0.25) is 0 Å². The third-order valence-electron chi connectivity index (χ3n) is 4.45. The minimum absolute atomic E-state index is 0.488. The highest BCUT2D eigenvalue weighted by molar-refractivity contribution is 5.38. The fraction of sp³-hybridized carbons (Fsp3) is 0.625. The number of hydrogen-bond acceptors (Lipinski definition) is 4. The van der Waals surface area contributed by atoms with Gasteiger partial charge in [-0.15, -0.1) is 0 Å². The molecular formula is C16H25N5. The van der Waals surface area contributed by atoms with Crippen LogP contribution in [0.25, 0.3) is 5.65 Å². The van der Waals surface area contributed by atoms with Gasteiger partial charge in [-0.3, -0.25) is 4.90 Å². The molecule has 2 aromatic heterocycles. The van der Waals surface area contributed by atoms with Crippen molar-refractivity contribution in [3.05, 3.63) is 29.7 Å². The van der Waals surface area contributed by atoms with Gasteiger partial charge in [-0.05, 0) is 45.4 Å². The van der Waals surface area contributed by atoms with Gasteiger partial charge in [0, 0.05) is 25.0 Å². The lowest BCUT2D eigenvalue weighted by atomic mass is 9.97. The Morgan fingerprint density at radius 3 is 2.95 bits per heavy atom. The van der Waals surface area contributed by atoms with E-state index in [1.807, 2.05) is 22.7 Å². The van der Waals surface area contributed by atoms with Crippen LogP contribution in [0.15, 0.2) is 18.2 Å². The number of aromatic nitrogens is 3. The van der Waals surface area contributed by atoms with Crippen LogP contribution in [0.1, 0.15) is 44.6 Å². The molecule has 3 heterocycles. The summed E-state index contributed by atoms with van der Waals surface area (Å²) in [5, 5.41) is 4.67. The van der Waals surface area contributed by atoms with Crippen LogP contribution < -0.4 is 5.73 Å². The molecule has 2 N–H and O–H groups in total. The van der Waals surface area contributed by atoms with Crippen molar-refractivity contribution in [2.45, 2.75) is 58.2 Å². The van der Waals surface area contributed by atoms with Crippen molar-refractivity contribution < 1.29 is 0 Å². The molecule has 0 spiro atoms. The van der Waals surface area contributed by atoms with E-state index in [9.17, 15) is 0 Å². The van der Waals surface area contributed by atoms with Crippen LogP contribution in [-0.4, -0.2) is 38.1 Å². The number of pyridine rings is 1. The number of piperidine rings is 1. The topological polar surface area (TPSA) is 59.5 Å². The number of nitrogens with zero attached hydrogens (tertiary/aromatic N) is 4. The SMILES string of the molecule is CC(C)N1CCCCC1Cc1nc2cccc(CN)n2n1. The lowest BCUT2D eigenvalue weighted by Gasteiger charge is -2.38. The zero-order valence-corrected chi connectivity index (χ0v) is 13.0. The fourth-order valence-electron chi connectivity index (χ4n) is 3.38. The van der Waals surface area contributed by atoms with Crippen molar-refractivity contribution in [2.24, 2.45) is 5.73 Å². The van der Waals surface area contributed by atoms with E-state index in [4.69, 9.17) is 5.73 Å². The molecule has 0 bridgehead atoms. The Morgan fingerprint density at radius 2 is 2.19 bits per heavy atom. The van der Waals surface area contributed by atoms with Gasteiger partial charge < -0.3 is 5.73 Å². The zero-order chi connectivity index (χ0) is 14.8. The smallest absolute Gasteiger partial charge is 0.155 e. The number of nitrogens with two attached hydrogens (primary N) is 1. The van der Waals surface area contributed by atoms with Crippen molar-refractivity contribution >= 4 is 5.65 Å². The van der Waals surface area contributed by atoms with Crippen LogP contribution in [-0.2, 0) is 13.0 Å². The van der Waals surface area contributed by atoms with E-state index in [0.717, 1.165) is 23.6 Å². The molecule has 1 aliphatic rings. The summed E-state index contributed by atoms with van der Waals surface area (Å²) in [4.78, 5) is 7.28. The van der Waals surface area contributed by atoms with Gasteiger partial charge in [0.2, 0.25) is 0 Å². The summed E-state index contributed by atoms with van der Waals surface area (Å²) >= 11 is 0. The Bertz CT molecular complexity index is 604. The Balaban J connectivity index is 1.83. The van der Waals surface area contributed by atoms with Crippen molar-refractivity contribution in [3.63, 3.8) is 0 Å². The van der Waals surface area contributed by atoms with Gasteiger partial charge in [-0.2, -0.15) is 5.10 Å². The Morgan fingerprint density at radius 1 is 1.33 bits per heavy atom. The molecule has 5 heteroatoms. The minimum atomic E-state index is 0.488. The van der Waals surface area contributed by atoms with Gasteiger partial charge >= 0.3 is 0 Å². The molecule has 0 amide bonds. The van der Waals surface area contributed by atoms with Crippen LogP contribution in [0.5, 0.6) is 0 Å². The second-order valence-electron chi connectivity index (χ2n) is 6.20. The van der Waals surface area contributed by atoms with Crippen molar-refractivity contribution in [2.75, 3.05) is 6.54 Å². The van der Waals surface area contributed by atoms with Gasteiger partial charge in [-0.25, -0.2) is 9.50 Å². The summed E-state index contributed by atoms with van der Waals surface area (Å²) in [6.07, 6.45) is 4.81. The van der Waals surface area contributed by atoms with Crippen molar-refractivity contribution in [3.8, 4) is 0 Å². The van der Waals surface area contributed by atoms with E-state index in [1.165, 1.54) is 25.8 Å². The summed E-state index contributed by atoms with van der Waals surface area (Å²) in [6, 6.07) is 7.16.